The normalized spacial score (nSPS) is 11.1. The minimum Gasteiger partial charge on any atom is -0.396 e. The van der Waals surface area contributed by atoms with E-state index in [9.17, 15) is 0 Å². The molecule has 7 nitrogen and oxygen atoms in total. The lowest BCUT2D eigenvalue weighted by atomic mass is 10.1. The number of aliphatic hydroxyl groups is 2. The summed E-state index contributed by atoms with van der Waals surface area (Å²) >= 11 is 0. The van der Waals surface area contributed by atoms with Gasteiger partial charge < -0.3 is 20.1 Å². The third-order valence-corrected chi connectivity index (χ3v) is 3.48. The summed E-state index contributed by atoms with van der Waals surface area (Å²) < 4.78 is 1.92. The van der Waals surface area contributed by atoms with Gasteiger partial charge in [0.15, 0.2) is 11.5 Å². The molecule has 120 valence electrons. The van der Waals surface area contributed by atoms with Crippen LogP contribution >= 0.6 is 0 Å². The summed E-state index contributed by atoms with van der Waals surface area (Å²) in [6.45, 7) is 5.39. The Morgan fingerprint density at radius 2 is 2.05 bits per heavy atom. The third-order valence-electron chi connectivity index (χ3n) is 3.48. The monoisotopic (exact) mass is 305 g/mol. The molecule has 0 aliphatic carbocycles. The van der Waals surface area contributed by atoms with Crippen LogP contribution < -0.4 is 5.32 Å². The zero-order valence-corrected chi connectivity index (χ0v) is 13.0. The lowest BCUT2D eigenvalue weighted by Gasteiger charge is -2.11. The summed E-state index contributed by atoms with van der Waals surface area (Å²) in [6, 6.07) is 0. The zero-order chi connectivity index (χ0) is 15.9. The van der Waals surface area contributed by atoms with Crippen LogP contribution in [0.2, 0.25) is 0 Å². The predicted octanol–water partition coefficient (Wildman–Crippen LogP) is 1.20. The number of nitrogens with one attached hydrogen (secondary N) is 1. The molecule has 0 spiro atoms. The van der Waals surface area contributed by atoms with Gasteiger partial charge in [0.2, 0.25) is 0 Å². The van der Waals surface area contributed by atoms with Gasteiger partial charge in [0.25, 0.3) is 0 Å². The standard InChI is InChI=1S/C15H23N5O2/c1-11(2)3-5-16-14-13-15(18-9-17-14)20(10-19-13)6-4-12(7-21)8-22/h3,9-10,12,21-22H,4-8H2,1-2H3,(H,16,17,18). The van der Waals surface area contributed by atoms with E-state index >= 15 is 0 Å². The van der Waals surface area contributed by atoms with Gasteiger partial charge in [-0.2, -0.15) is 0 Å². The van der Waals surface area contributed by atoms with Gasteiger partial charge in [-0.1, -0.05) is 11.6 Å². The summed E-state index contributed by atoms with van der Waals surface area (Å²) in [5, 5.41) is 21.5. The molecular formula is C15H23N5O2. The molecule has 0 amide bonds. The van der Waals surface area contributed by atoms with Gasteiger partial charge in [0.1, 0.15) is 11.8 Å². The van der Waals surface area contributed by atoms with Gasteiger partial charge in [-0.15, -0.1) is 0 Å². The van der Waals surface area contributed by atoms with Crippen molar-refractivity contribution in [2.24, 2.45) is 5.92 Å². The highest BCUT2D eigenvalue weighted by Gasteiger charge is 2.11. The first-order valence-corrected chi connectivity index (χ1v) is 7.40. The van der Waals surface area contributed by atoms with E-state index in [1.165, 1.54) is 11.9 Å². The highest BCUT2D eigenvalue weighted by atomic mass is 16.3. The molecule has 2 heterocycles. The molecule has 0 aromatic carbocycles. The largest absolute Gasteiger partial charge is 0.396 e. The third kappa shape index (κ3) is 4.02. The Morgan fingerprint density at radius 1 is 1.27 bits per heavy atom. The van der Waals surface area contributed by atoms with Crippen molar-refractivity contribution in [3.63, 3.8) is 0 Å². The SMILES string of the molecule is CC(C)=CCNc1ncnc2c1ncn2CCC(CO)CO. The number of rotatable bonds is 8. The number of hydrogen-bond acceptors (Lipinski definition) is 6. The predicted molar refractivity (Wildman–Crippen MR) is 85.5 cm³/mol. The Hall–Kier alpha value is -1.99. The molecule has 2 aromatic rings. The van der Waals surface area contributed by atoms with Gasteiger partial charge in [-0.3, -0.25) is 0 Å². The van der Waals surface area contributed by atoms with E-state index in [-0.39, 0.29) is 19.1 Å². The highest BCUT2D eigenvalue weighted by molar-refractivity contribution is 5.82. The van der Waals surface area contributed by atoms with E-state index in [0.29, 0.717) is 25.3 Å². The van der Waals surface area contributed by atoms with Gasteiger partial charge in [-0.25, -0.2) is 15.0 Å². The van der Waals surface area contributed by atoms with Crippen LogP contribution in [0.4, 0.5) is 5.82 Å². The lowest BCUT2D eigenvalue weighted by molar-refractivity contribution is 0.140. The van der Waals surface area contributed by atoms with E-state index in [1.54, 1.807) is 6.33 Å². The molecule has 3 N–H and O–H groups in total. The van der Waals surface area contributed by atoms with Crippen molar-refractivity contribution in [1.29, 1.82) is 0 Å². The molecule has 0 atom stereocenters. The summed E-state index contributed by atoms with van der Waals surface area (Å²) in [5.74, 6) is 0.594. The Bertz CT molecular complexity index is 630. The van der Waals surface area contributed by atoms with Crippen LogP contribution in [0.1, 0.15) is 20.3 Å². The van der Waals surface area contributed by atoms with Crippen molar-refractivity contribution < 1.29 is 10.2 Å². The van der Waals surface area contributed by atoms with Crippen LogP contribution in [-0.2, 0) is 6.54 Å². The number of allylic oxidation sites excluding steroid dienone is 1. The van der Waals surface area contributed by atoms with Crippen molar-refractivity contribution >= 4 is 17.0 Å². The Morgan fingerprint density at radius 3 is 2.73 bits per heavy atom. The number of anilines is 1. The van der Waals surface area contributed by atoms with E-state index in [0.717, 1.165) is 11.2 Å². The average Bonchev–Trinajstić information content (AvgIpc) is 2.92. The van der Waals surface area contributed by atoms with Crippen molar-refractivity contribution in [3.05, 3.63) is 24.3 Å². The fourth-order valence-corrected chi connectivity index (χ4v) is 2.09. The molecule has 2 rings (SSSR count). The molecule has 0 aliphatic rings. The molecule has 22 heavy (non-hydrogen) atoms. The second kappa shape index (κ2) is 7.86. The van der Waals surface area contributed by atoms with Crippen LogP contribution in [0.25, 0.3) is 11.2 Å². The van der Waals surface area contributed by atoms with E-state index in [1.807, 2.05) is 18.4 Å². The second-order valence-corrected chi connectivity index (χ2v) is 5.51. The minimum atomic E-state index is -0.116. The first kappa shape index (κ1) is 16.4. The molecule has 7 heteroatoms. The molecular weight excluding hydrogens is 282 g/mol. The summed E-state index contributed by atoms with van der Waals surface area (Å²) in [7, 11) is 0. The average molecular weight is 305 g/mol. The Labute approximate surface area is 129 Å². The number of hydrogen-bond donors (Lipinski definition) is 3. The summed E-state index contributed by atoms with van der Waals surface area (Å²) in [6.07, 6.45) is 5.99. The van der Waals surface area contributed by atoms with Crippen molar-refractivity contribution in [3.8, 4) is 0 Å². The quantitative estimate of drug-likeness (QED) is 0.634. The van der Waals surface area contributed by atoms with Gasteiger partial charge >= 0.3 is 0 Å². The fourth-order valence-electron chi connectivity index (χ4n) is 2.09. The van der Waals surface area contributed by atoms with E-state index < -0.39 is 0 Å². The molecule has 0 saturated heterocycles. The van der Waals surface area contributed by atoms with E-state index in [2.05, 4.69) is 26.3 Å². The Kier molecular flexibility index (Phi) is 5.85. The molecule has 0 fully saturated rings. The molecule has 0 bridgehead atoms. The van der Waals surface area contributed by atoms with Crippen LogP contribution in [0.15, 0.2) is 24.3 Å². The maximum Gasteiger partial charge on any atom is 0.165 e. The van der Waals surface area contributed by atoms with Crippen molar-refractivity contribution in [2.45, 2.75) is 26.8 Å². The summed E-state index contributed by atoms with van der Waals surface area (Å²) in [4.78, 5) is 12.9. The first-order valence-electron chi connectivity index (χ1n) is 7.40. The van der Waals surface area contributed by atoms with Crippen LogP contribution in [0.5, 0.6) is 0 Å². The van der Waals surface area contributed by atoms with Crippen LogP contribution in [0, 0.1) is 5.92 Å². The molecule has 0 aliphatic heterocycles. The van der Waals surface area contributed by atoms with Crippen molar-refractivity contribution in [1.82, 2.24) is 19.5 Å². The number of aromatic nitrogens is 4. The maximum atomic E-state index is 9.13. The zero-order valence-electron chi connectivity index (χ0n) is 13.0. The lowest BCUT2D eigenvalue weighted by Crippen LogP contribution is -2.14. The first-order chi connectivity index (χ1) is 10.7. The molecule has 0 unspecified atom stereocenters. The van der Waals surface area contributed by atoms with Gasteiger partial charge in [-0.05, 0) is 20.3 Å². The fraction of sp³-hybridized carbons (Fsp3) is 0.533. The molecule has 0 saturated carbocycles. The number of aliphatic hydroxyl groups excluding tert-OH is 2. The van der Waals surface area contributed by atoms with Crippen LogP contribution in [0.3, 0.4) is 0 Å². The van der Waals surface area contributed by atoms with Crippen LogP contribution in [-0.4, -0.2) is 49.5 Å². The number of aryl methyl sites for hydroxylation is 1. The van der Waals surface area contributed by atoms with E-state index in [4.69, 9.17) is 10.2 Å². The van der Waals surface area contributed by atoms with Gasteiger partial charge in [0.05, 0.1) is 6.33 Å². The molecule has 2 aromatic heterocycles. The molecule has 0 radical (unpaired) electrons. The second-order valence-electron chi connectivity index (χ2n) is 5.51. The van der Waals surface area contributed by atoms with Crippen molar-refractivity contribution in [2.75, 3.05) is 25.1 Å². The number of nitrogens with zero attached hydrogens (tertiary/aromatic N) is 4. The number of fused-ring (bicyclic) bond motifs is 1. The summed E-state index contributed by atoms with van der Waals surface area (Å²) in [5.41, 5.74) is 2.72. The Balaban J connectivity index is 2.13. The highest BCUT2D eigenvalue weighted by Crippen LogP contribution is 2.18. The maximum absolute atomic E-state index is 9.13. The van der Waals surface area contributed by atoms with Gasteiger partial charge in [0, 0.05) is 32.2 Å². The topological polar surface area (TPSA) is 96.1 Å². The minimum absolute atomic E-state index is 0.0202. The number of imidazole rings is 1. The smallest absolute Gasteiger partial charge is 0.165 e.